The fraction of sp³-hybridized carbons (Fsp3) is 0.400. The van der Waals surface area contributed by atoms with Crippen LogP contribution in [0.5, 0.6) is 0 Å². The lowest BCUT2D eigenvalue weighted by Crippen LogP contribution is -2.09. The van der Waals surface area contributed by atoms with Crippen LogP contribution in [0.1, 0.15) is 13.3 Å². The van der Waals surface area contributed by atoms with E-state index in [2.05, 4.69) is 11.9 Å². The van der Waals surface area contributed by atoms with Crippen LogP contribution in [0.3, 0.4) is 0 Å². The van der Waals surface area contributed by atoms with Crippen molar-refractivity contribution >= 4 is 0 Å². The summed E-state index contributed by atoms with van der Waals surface area (Å²) < 4.78 is 36.0. The van der Waals surface area contributed by atoms with E-state index in [4.69, 9.17) is 0 Å². The topological polar surface area (TPSA) is 12.0 Å². The zero-order valence-corrected chi connectivity index (χ0v) is 8.28. The van der Waals surface area contributed by atoms with E-state index in [9.17, 15) is 13.2 Å². The second kappa shape index (κ2) is 5.52. The first-order chi connectivity index (χ1) is 6.41. The molecule has 0 rings (SSSR count). The molecule has 0 fully saturated rings. The summed E-state index contributed by atoms with van der Waals surface area (Å²) in [4.78, 5) is 0. The summed E-state index contributed by atoms with van der Waals surface area (Å²) in [5.41, 5.74) is -0.201. The smallest absolute Gasteiger partial charge is 0.388 e. The summed E-state index contributed by atoms with van der Waals surface area (Å²) in [5.74, 6) is 0. The quantitative estimate of drug-likeness (QED) is 0.695. The molecule has 0 heterocycles. The lowest BCUT2D eigenvalue weighted by molar-refractivity contribution is -0.0878. The van der Waals surface area contributed by atoms with Gasteiger partial charge in [0.05, 0.1) is 0 Å². The van der Waals surface area contributed by atoms with Gasteiger partial charge in [-0.05, 0) is 18.6 Å². The molecular weight excluding hydrogens is 191 g/mol. The molecule has 0 atom stereocenters. The van der Waals surface area contributed by atoms with Crippen molar-refractivity contribution in [3.63, 3.8) is 0 Å². The van der Waals surface area contributed by atoms with E-state index in [-0.39, 0.29) is 0 Å². The number of rotatable bonds is 4. The molecular formula is C10H14F3N. The number of hydrogen-bond acceptors (Lipinski definition) is 1. The Morgan fingerprint density at radius 2 is 1.93 bits per heavy atom. The number of halogens is 3. The number of nitrogens with one attached hydrogen (secondary N) is 1. The molecule has 80 valence electrons. The van der Waals surface area contributed by atoms with Crippen LogP contribution in [0, 0.1) is 0 Å². The van der Waals surface area contributed by atoms with Gasteiger partial charge < -0.3 is 5.32 Å². The van der Waals surface area contributed by atoms with Crippen molar-refractivity contribution in [2.45, 2.75) is 19.5 Å². The maximum Gasteiger partial charge on any atom is 0.415 e. The van der Waals surface area contributed by atoms with Gasteiger partial charge in [-0.25, -0.2) is 0 Å². The Hall–Kier alpha value is -1.19. The molecule has 1 N–H and O–H groups in total. The summed E-state index contributed by atoms with van der Waals surface area (Å²) in [5, 5.41) is 2.78. The third-order valence-electron chi connectivity index (χ3n) is 1.54. The third kappa shape index (κ3) is 4.74. The van der Waals surface area contributed by atoms with Crippen LogP contribution in [0.4, 0.5) is 13.2 Å². The molecule has 0 aliphatic heterocycles. The number of hydrogen-bond donors (Lipinski definition) is 1. The SMILES string of the molecule is C=C(/C=C\C(=C/CC)NC)C(F)(F)F. The van der Waals surface area contributed by atoms with Crippen LogP contribution in [0.15, 0.2) is 36.1 Å². The van der Waals surface area contributed by atoms with Crippen LogP contribution < -0.4 is 5.32 Å². The highest BCUT2D eigenvalue weighted by Gasteiger charge is 2.29. The highest BCUT2D eigenvalue weighted by molar-refractivity contribution is 5.27. The highest BCUT2D eigenvalue weighted by Crippen LogP contribution is 2.24. The van der Waals surface area contributed by atoms with Gasteiger partial charge in [0.25, 0.3) is 0 Å². The minimum Gasteiger partial charge on any atom is -0.388 e. The normalized spacial score (nSPS) is 13.4. The molecule has 0 saturated heterocycles. The Balaban J connectivity index is 4.43. The third-order valence-corrected chi connectivity index (χ3v) is 1.54. The Labute approximate surface area is 82.0 Å². The summed E-state index contributed by atoms with van der Waals surface area (Å²) in [6.07, 6.45) is 0.526. The average Bonchev–Trinajstić information content (AvgIpc) is 2.10. The molecule has 0 radical (unpaired) electrons. The van der Waals surface area contributed by atoms with Crippen LogP contribution in [-0.2, 0) is 0 Å². The zero-order chi connectivity index (χ0) is 11.2. The Bertz CT molecular complexity index is 249. The van der Waals surface area contributed by atoms with Crippen molar-refractivity contribution in [2.24, 2.45) is 0 Å². The van der Waals surface area contributed by atoms with Crippen molar-refractivity contribution in [3.05, 3.63) is 36.1 Å². The van der Waals surface area contributed by atoms with Gasteiger partial charge in [0.15, 0.2) is 0 Å². The fourth-order valence-corrected chi connectivity index (χ4v) is 0.758. The minimum absolute atomic E-state index is 0.651. The number of allylic oxidation sites excluding steroid dienone is 4. The van der Waals surface area contributed by atoms with E-state index in [0.29, 0.717) is 5.70 Å². The van der Waals surface area contributed by atoms with E-state index in [1.165, 1.54) is 6.08 Å². The Morgan fingerprint density at radius 3 is 2.29 bits per heavy atom. The standard InChI is InChI=1S/C10H14F3N/c1-4-5-9(14-3)7-6-8(2)10(11,12)13/h5-7,14H,2,4H2,1,3H3/b7-6-,9-5+. The van der Waals surface area contributed by atoms with Gasteiger partial charge in [0, 0.05) is 18.3 Å². The van der Waals surface area contributed by atoms with Crippen molar-refractivity contribution in [1.29, 1.82) is 0 Å². The summed E-state index contributed by atoms with van der Waals surface area (Å²) in [6, 6.07) is 0. The van der Waals surface area contributed by atoms with E-state index in [1.54, 1.807) is 13.1 Å². The molecule has 0 amide bonds. The Morgan fingerprint density at radius 1 is 1.36 bits per heavy atom. The lowest BCUT2D eigenvalue weighted by Gasteiger charge is -2.05. The summed E-state index contributed by atoms with van der Waals surface area (Å²) in [7, 11) is 1.65. The maximum absolute atomic E-state index is 12.0. The van der Waals surface area contributed by atoms with Crippen molar-refractivity contribution < 1.29 is 13.2 Å². The molecule has 1 nitrogen and oxygen atoms in total. The van der Waals surface area contributed by atoms with E-state index in [1.807, 2.05) is 6.92 Å². The average molecular weight is 205 g/mol. The molecule has 4 heteroatoms. The molecule has 0 aromatic heterocycles. The van der Waals surface area contributed by atoms with Crippen molar-refractivity contribution in [2.75, 3.05) is 7.05 Å². The monoisotopic (exact) mass is 205 g/mol. The molecule has 14 heavy (non-hydrogen) atoms. The van der Waals surface area contributed by atoms with Crippen LogP contribution in [0.25, 0.3) is 0 Å². The van der Waals surface area contributed by atoms with Gasteiger partial charge in [-0.15, -0.1) is 0 Å². The second-order valence-electron chi connectivity index (χ2n) is 2.67. The van der Waals surface area contributed by atoms with E-state index in [0.717, 1.165) is 12.5 Å². The van der Waals surface area contributed by atoms with Crippen LogP contribution in [0.2, 0.25) is 0 Å². The predicted molar refractivity (Wildman–Crippen MR) is 51.8 cm³/mol. The summed E-state index contributed by atoms with van der Waals surface area (Å²) in [6.45, 7) is 4.83. The van der Waals surface area contributed by atoms with E-state index < -0.39 is 11.7 Å². The first-order valence-electron chi connectivity index (χ1n) is 4.24. The Kier molecular flexibility index (Phi) is 5.05. The second-order valence-corrected chi connectivity index (χ2v) is 2.67. The lowest BCUT2D eigenvalue weighted by atomic mass is 10.2. The molecule has 0 unspecified atom stereocenters. The molecule has 0 aliphatic rings. The number of likely N-dealkylation sites (N-methyl/N-ethyl adjacent to an activating group) is 1. The largest absolute Gasteiger partial charge is 0.415 e. The van der Waals surface area contributed by atoms with Gasteiger partial charge in [0.2, 0.25) is 0 Å². The number of alkyl halides is 3. The highest BCUT2D eigenvalue weighted by atomic mass is 19.4. The molecule has 0 saturated carbocycles. The first-order valence-corrected chi connectivity index (χ1v) is 4.24. The van der Waals surface area contributed by atoms with Gasteiger partial charge in [0.1, 0.15) is 0 Å². The molecule has 0 aromatic carbocycles. The molecule has 0 aliphatic carbocycles. The molecule has 0 bridgehead atoms. The molecule has 0 aromatic rings. The van der Waals surface area contributed by atoms with E-state index >= 15 is 0 Å². The first kappa shape index (κ1) is 12.8. The van der Waals surface area contributed by atoms with Gasteiger partial charge in [-0.1, -0.05) is 19.6 Å². The minimum atomic E-state index is -4.35. The van der Waals surface area contributed by atoms with Gasteiger partial charge in [-0.2, -0.15) is 13.2 Å². The maximum atomic E-state index is 12.0. The predicted octanol–water partition coefficient (Wildman–Crippen LogP) is 3.17. The molecule has 0 spiro atoms. The van der Waals surface area contributed by atoms with Crippen LogP contribution >= 0.6 is 0 Å². The van der Waals surface area contributed by atoms with Crippen LogP contribution in [-0.4, -0.2) is 13.2 Å². The zero-order valence-electron chi connectivity index (χ0n) is 8.28. The van der Waals surface area contributed by atoms with Gasteiger partial charge >= 0.3 is 6.18 Å². The van der Waals surface area contributed by atoms with Crippen molar-refractivity contribution in [1.82, 2.24) is 5.32 Å². The summed E-state index contributed by atoms with van der Waals surface area (Å²) >= 11 is 0. The van der Waals surface area contributed by atoms with Gasteiger partial charge in [-0.3, -0.25) is 0 Å². The fourth-order valence-electron chi connectivity index (χ4n) is 0.758. The van der Waals surface area contributed by atoms with Crippen molar-refractivity contribution in [3.8, 4) is 0 Å².